The molecule has 15 heavy (non-hydrogen) atoms. The Bertz CT molecular complexity index is 414. The van der Waals surface area contributed by atoms with Crippen molar-refractivity contribution in [1.82, 2.24) is 5.32 Å². The van der Waals surface area contributed by atoms with Crippen molar-refractivity contribution in [2.45, 2.75) is 13.0 Å². The van der Waals surface area contributed by atoms with Crippen LogP contribution in [0.4, 0.5) is 5.69 Å². The lowest BCUT2D eigenvalue weighted by Crippen LogP contribution is -2.23. The van der Waals surface area contributed by atoms with Gasteiger partial charge in [-0.2, -0.15) is 4.99 Å². The summed E-state index contributed by atoms with van der Waals surface area (Å²) in [6.07, 6.45) is -0.459. The van der Waals surface area contributed by atoms with Gasteiger partial charge in [-0.05, 0) is 31.2 Å². The number of carbonyl (C=O) groups is 1. The molecule has 1 heterocycles. The summed E-state index contributed by atoms with van der Waals surface area (Å²) in [5, 5.41) is 2.54. The average Bonchev–Trinajstić information content (AvgIpc) is 2.50. The summed E-state index contributed by atoms with van der Waals surface area (Å²) in [4.78, 5) is 15.2. The maximum atomic E-state index is 11.1. The topological polar surface area (TPSA) is 50.7 Å². The van der Waals surface area contributed by atoms with Crippen molar-refractivity contribution < 1.29 is 9.53 Å². The Hall–Kier alpha value is -1.36. The number of halogens is 1. The molecule has 1 aliphatic rings. The van der Waals surface area contributed by atoms with Gasteiger partial charge < -0.3 is 4.74 Å². The molecule has 0 bridgehead atoms. The van der Waals surface area contributed by atoms with Crippen LogP contribution in [0.3, 0.4) is 0 Å². The summed E-state index contributed by atoms with van der Waals surface area (Å²) >= 11 is 3.33. The fourth-order valence-corrected chi connectivity index (χ4v) is 1.41. The number of hydrogen-bond acceptors (Lipinski definition) is 3. The number of amides is 1. The Morgan fingerprint density at radius 1 is 1.40 bits per heavy atom. The number of nitrogens with one attached hydrogen (secondary N) is 1. The van der Waals surface area contributed by atoms with Crippen LogP contribution in [0, 0.1) is 0 Å². The Kier molecular flexibility index (Phi) is 2.73. The van der Waals surface area contributed by atoms with Crippen molar-refractivity contribution in [2.75, 3.05) is 0 Å². The van der Waals surface area contributed by atoms with Crippen molar-refractivity contribution in [3.63, 3.8) is 0 Å². The van der Waals surface area contributed by atoms with Gasteiger partial charge in [0.2, 0.25) is 0 Å². The van der Waals surface area contributed by atoms with Crippen LogP contribution in [0.15, 0.2) is 33.7 Å². The van der Waals surface area contributed by atoms with Gasteiger partial charge in [0.25, 0.3) is 11.9 Å². The van der Waals surface area contributed by atoms with E-state index in [1.54, 1.807) is 6.92 Å². The molecule has 1 saturated heterocycles. The third-order valence-electron chi connectivity index (χ3n) is 1.95. The Labute approximate surface area is 95.5 Å². The number of amidine groups is 1. The number of benzene rings is 1. The summed E-state index contributed by atoms with van der Waals surface area (Å²) in [5.41, 5.74) is 0.739. The third-order valence-corrected chi connectivity index (χ3v) is 2.47. The smallest absolute Gasteiger partial charge is 0.297 e. The molecule has 1 N–H and O–H groups in total. The molecule has 5 heteroatoms. The molecule has 1 aliphatic heterocycles. The molecule has 1 unspecified atom stereocenters. The summed E-state index contributed by atoms with van der Waals surface area (Å²) in [6, 6.07) is 7.67. The van der Waals surface area contributed by atoms with Crippen molar-refractivity contribution in [3.8, 4) is 0 Å². The van der Waals surface area contributed by atoms with Crippen molar-refractivity contribution in [3.05, 3.63) is 28.7 Å². The molecule has 0 radical (unpaired) electrons. The summed E-state index contributed by atoms with van der Waals surface area (Å²) in [7, 11) is 0. The van der Waals surface area contributed by atoms with E-state index in [0.29, 0.717) is 0 Å². The lowest BCUT2D eigenvalue weighted by molar-refractivity contribution is -0.122. The van der Waals surface area contributed by atoms with Gasteiger partial charge in [0, 0.05) is 4.47 Å². The highest BCUT2D eigenvalue weighted by molar-refractivity contribution is 9.10. The molecule has 1 atom stereocenters. The normalized spacial score (nSPS) is 22.7. The monoisotopic (exact) mass is 268 g/mol. The minimum absolute atomic E-state index is 0.161. The van der Waals surface area contributed by atoms with E-state index in [1.165, 1.54) is 0 Å². The van der Waals surface area contributed by atoms with E-state index in [9.17, 15) is 4.79 Å². The van der Waals surface area contributed by atoms with Crippen LogP contribution < -0.4 is 5.32 Å². The molecule has 1 aromatic rings. The summed E-state index contributed by atoms with van der Waals surface area (Å²) < 4.78 is 6.17. The zero-order valence-corrected chi connectivity index (χ0v) is 9.61. The fraction of sp³-hybridized carbons (Fsp3) is 0.200. The number of aliphatic imine (C=N–C) groups is 1. The van der Waals surface area contributed by atoms with Crippen molar-refractivity contribution in [2.24, 2.45) is 4.99 Å². The van der Waals surface area contributed by atoms with Gasteiger partial charge >= 0.3 is 0 Å². The van der Waals surface area contributed by atoms with Crippen LogP contribution in [0.25, 0.3) is 0 Å². The first kappa shape index (κ1) is 10.2. The largest absolute Gasteiger partial charge is 0.452 e. The predicted molar refractivity (Wildman–Crippen MR) is 59.9 cm³/mol. The molecular formula is C10H9BrN2O2. The number of carbonyl (C=O) groups excluding carboxylic acids is 1. The second-order valence-corrected chi connectivity index (χ2v) is 4.06. The number of nitrogens with zero attached hydrogens (tertiary/aromatic N) is 1. The standard InChI is InChI=1S/C10H9BrN2O2/c1-6-9(14)13-10(15-6)12-8-4-2-7(11)3-5-8/h2-6H,1H3,(H,12,13,14). The molecule has 78 valence electrons. The number of hydrogen-bond donors (Lipinski definition) is 1. The first-order valence-electron chi connectivity index (χ1n) is 4.47. The minimum Gasteiger partial charge on any atom is -0.452 e. The van der Waals surface area contributed by atoms with Crippen LogP contribution in [0.2, 0.25) is 0 Å². The van der Waals surface area contributed by atoms with Crippen LogP contribution in [0.5, 0.6) is 0 Å². The first-order chi connectivity index (χ1) is 7.15. The lowest BCUT2D eigenvalue weighted by Gasteiger charge is -1.98. The SMILES string of the molecule is CC1OC(=Nc2ccc(Br)cc2)NC1=O. The molecule has 2 rings (SSSR count). The number of ether oxygens (including phenoxy) is 1. The summed E-state index contributed by atoms with van der Waals surface area (Å²) in [6.45, 7) is 1.68. The zero-order valence-electron chi connectivity index (χ0n) is 8.03. The molecule has 1 aromatic carbocycles. The van der Waals surface area contributed by atoms with Crippen LogP contribution in [-0.2, 0) is 9.53 Å². The second kappa shape index (κ2) is 4.02. The molecule has 0 saturated carbocycles. The highest BCUT2D eigenvalue weighted by Gasteiger charge is 2.26. The first-order valence-corrected chi connectivity index (χ1v) is 5.26. The molecule has 1 amide bonds. The molecule has 1 fully saturated rings. The maximum absolute atomic E-state index is 11.1. The van der Waals surface area contributed by atoms with E-state index in [2.05, 4.69) is 26.2 Å². The molecule has 0 aliphatic carbocycles. The van der Waals surface area contributed by atoms with Gasteiger partial charge in [0.1, 0.15) is 0 Å². The van der Waals surface area contributed by atoms with Crippen molar-refractivity contribution in [1.29, 1.82) is 0 Å². The Balaban J connectivity index is 2.17. The van der Waals surface area contributed by atoms with Gasteiger partial charge in [0.15, 0.2) is 6.10 Å². The fourth-order valence-electron chi connectivity index (χ4n) is 1.14. The van der Waals surface area contributed by atoms with Crippen LogP contribution in [0.1, 0.15) is 6.92 Å². The quantitative estimate of drug-likeness (QED) is 0.847. The van der Waals surface area contributed by atoms with E-state index in [1.807, 2.05) is 24.3 Å². The lowest BCUT2D eigenvalue weighted by atomic mass is 10.3. The van der Waals surface area contributed by atoms with Crippen molar-refractivity contribution >= 4 is 33.5 Å². The van der Waals surface area contributed by atoms with Gasteiger partial charge in [-0.1, -0.05) is 15.9 Å². The highest BCUT2D eigenvalue weighted by atomic mass is 79.9. The summed E-state index contributed by atoms with van der Waals surface area (Å²) in [5.74, 6) is -0.161. The van der Waals surface area contributed by atoms with Gasteiger partial charge in [-0.25, -0.2) is 0 Å². The Morgan fingerprint density at radius 3 is 2.60 bits per heavy atom. The number of rotatable bonds is 1. The minimum atomic E-state index is -0.459. The predicted octanol–water partition coefficient (Wildman–Crippen LogP) is 1.97. The Morgan fingerprint density at radius 2 is 2.07 bits per heavy atom. The van der Waals surface area contributed by atoms with Crippen LogP contribution >= 0.6 is 15.9 Å². The molecular weight excluding hydrogens is 260 g/mol. The zero-order chi connectivity index (χ0) is 10.8. The highest BCUT2D eigenvalue weighted by Crippen LogP contribution is 2.17. The van der Waals surface area contributed by atoms with E-state index in [0.717, 1.165) is 10.2 Å². The van der Waals surface area contributed by atoms with Gasteiger partial charge in [-0.3, -0.25) is 10.1 Å². The third kappa shape index (κ3) is 2.36. The van der Waals surface area contributed by atoms with E-state index in [-0.39, 0.29) is 11.9 Å². The van der Waals surface area contributed by atoms with E-state index >= 15 is 0 Å². The van der Waals surface area contributed by atoms with Gasteiger partial charge in [-0.15, -0.1) is 0 Å². The van der Waals surface area contributed by atoms with Gasteiger partial charge in [0.05, 0.1) is 5.69 Å². The van der Waals surface area contributed by atoms with E-state index in [4.69, 9.17) is 4.74 Å². The molecule has 0 aromatic heterocycles. The average molecular weight is 269 g/mol. The van der Waals surface area contributed by atoms with Crippen LogP contribution in [-0.4, -0.2) is 18.0 Å². The van der Waals surface area contributed by atoms with E-state index < -0.39 is 6.10 Å². The molecule has 0 spiro atoms. The molecule has 4 nitrogen and oxygen atoms in total. The maximum Gasteiger partial charge on any atom is 0.297 e. The second-order valence-electron chi connectivity index (χ2n) is 3.14.